The molecule has 1 N–H and O–H groups in total. The summed E-state index contributed by atoms with van der Waals surface area (Å²) in [4.78, 5) is 15.9. The number of nitrogens with zero attached hydrogens (tertiary/aromatic N) is 2. The SMILES string of the molecule is COCCNCC(=O)N(C)CC1CCN(C)C1. The highest BCUT2D eigenvalue weighted by Gasteiger charge is 2.22. The van der Waals surface area contributed by atoms with Gasteiger partial charge in [0, 0.05) is 33.8 Å². The molecule has 0 aliphatic carbocycles. The fourth-order valence-electron chi connectivity index (χ4n) is 2.17. The van der Waals surface area contributed by atoms with E-state index in [1.807, 2.05) is 11.9 Å². The van der Waals surface area contributed by atoms with Gasteiger partial charge in [0.05, 0.1) is 13.2 Å². The van der Waals surface area contributed by atoms with E-state index in [2.05, 4.69) is 17.3 Å². The van der Waals surface area contributed by atoms with Crippen LogP contribution < -0.4 is 5.32 Å². The summed E-state index contributed by atoms with van der Waals surface area (Å²) in [5.41, 5.74) is 0. The van der Waals surface area contributed by atoms with Crippen molar-refractivity contribution in [2.75, 3.05) is 60.5 Å². The zero-order valence-electron chi connectivity index (χ0n) is 11.2. The van der Waals surface area contributed by atoms with Crippen LogP contribution in [0, 0.1) is 5.92 Å². The molecule has 0 saturated carbocycles. The zero-order chi connectivity index (χ0) is 12.7. The number of carbonyl (C=O) groups is 1. The van der Waals surface area contributed by atoms with Crippen LogP contribution in [0.5, 0.6) is 0 Å². The van der Waals surface area contributed by atoms with Gasteiger partial charge in [-0.1, -0.05) is 0 Å². The van der Waals surface area contributed by atoms with Crippen LogP contribution >= 0.6 is 0 Å². The van der Waals surface area contributed by atoms with Crippen molar-refractivity contribution in [3.8, 4) is 0 Å². The summed E-state index contributed by atoms with van der Waals surface area (Å²) in [5, 5.41) is 3.07. The Morgan fingerprint density at radius 2 is 2.35 bits per heavy atom. The molecule has 1 atom stereocenters. The van der Waals surface area contributed by atoms with Crippen LogP contribution in [0.3, 0.4) is 0 Å². The van der Waals surface area contributed by atoms with Gasteiger partial charge >= 0.3 is 0 Å². The number of likely N-dealkylation sites (N-methyl/N-ethyl adjacent to an activating group) is 1. The van der Waals surface area contributed by atoms with Crippen molar-refractivity contribution >= 4 is 5.91 Å². The largest absolute Gasteiger partial charge is 0.383 e. The third-order valence-electron chi connectivity index (χ3n) is 3.21. The molecular weight excluding hydrogens is 218 g/mol. The number of rotatable bonds is 7. The fraction of sp³-hybridized carbons (Fsp3) is 0.917. The Bertz CT molecular complexity index is 236. The number of nitrogens with one attached hydrogen (secondary N) is 1. The minimum absolute atomic E-state index is 0.163. The normalized spacial score (nSPS) is 20.8. The molecule has 1 amide bonds. The second-order valence-corrected chi connectivity index (χ2v) is 4.86. The van der Waals surface area contributed by atoms with Gasteiger partial charge in [0.15, 0.2) is 0 Å². The van der Waals surface area contributed by atoms with Crippen molar-refractivity contribution in [2.24, 2.45) is 5.92 Å². The molecule has 1 saturated heterocycles. The summed E-state index contributed by atoms with van der Waals surface area (Å²) < 4.78 is 4.91. The smallest absolute Gasteiger partial charge is 0.236 e. The van der Waals surface area contributed by atoms with E-state index in [-0.39, 0.29) is 5.91 Å². The molecule has 0 aromatic carbocycles. The summed E-state index contributed by atoms with van der Waals surface area (Å²) >= 11 is 0. The van der Waals surface area contributed by atoms with Gasteiger partial charge in [-0.25, -0.2) is 0 Å². The number of ether oxygens (including phenoxy) is 1. The van der Waals surface area contributed by atoms with E-state index in [1.165, 1.54) is 6.42 Å². The lowest BCUT2D eigenvalue weighted by Gasteiger charge is -2.21. The second-order valence-electron chi connectivity index (χ2n) is 4.86. The number of carbonyl (C=O) groups excluding carboxylic acids is 1. The van der Waals surface area contributed by atoms with E-state index in [9.17, 15) is 4.79 Å². The molecule has 100 valence electrons. The van der Waals surface area contributed by atoms with Gasteiger partial charge in [0.2, 0.25) is 5.91 Å². The molecule has 1 rings (SSSR count). The monoisotopic (exact) mass is 243 g/mol. The summed E-state index contributed by atoms with van der Waals surface area (Å²) in [6.45, 7) is 4.90. The molecule has 0 spiro atoms. The van der Waals surface area contributed by atoms with E-state index in [0.29, 0.717) is 19.1 Å². The van der Waals surface area contributed by atoms with Gasteiger partial charge in [-0.05, 0) is 25.9 Å². The van der Waals surface area contributed by atoms with Crippen LogP contribution in [0.25, 0.3) is 0 Å². The minimum Gasteiger partial charge on any atom is -0.383 e. The first-order valence-electron chi connectivity index (χ1n) is 6.25. The maximum absolute atomic E-state index is 11.8. The Balaban J connectivity index is 2.13. The fourth-order valence-corrected chi connectivity index (χ4v) is 2.17. The van der Waals surface area contributed by atoms with E-state index >= 15 is 0 Å². The Morgan fingerprint density at radius 1 is 1.59 bits per heavy atom. The summed E-state index contributed by atoms with van der Waals surface area (Å²) in [7, 11) is 5.68. The first-order valence-corrected chi connectivity index (χ1v) is 6.25. The predicted molar refractivity (Wildman–Crippen MR) is 68.0 cm³/mol. The summed E-state index contributed by atoms with van der Waals surface area (Å²) in [6, 6.07) is 0. The molecule has 5 heteroatoms. The topological polar surface area (TPSA) is 44.8 Å². The first-order chi connectivity index (χ1) is 8.13. The number of amides is 1. The van der Waals surface area contributed by atoms with E-state index < -0.39 is 0 Å². The third kappa shape index (κ3) is 5.48. The molecule has 1 unspecified atom stereocenters. The van der Waals surface area contributed by atoms with Crippen molar-refractivity contribution < 1.29 is 9.53 Å². The molecule has 0 aromatic rings. The molecule has 0 bridgehead atoms. The average Bonchev–Trinajstić information content (AvgIpc) is 2.70. The number of hydrogen-bond donors (Lipinski definition) is 1. The molecule has 1 aliphatic rings. The van der Waals surface area contributed by atoms with Crippen LogP contribution in [0.15, 0.2) is 0 Å². The third-order valence-corrected chi connectivity index (χ3v) is 3.21. The predicted octanol–water partition coefficient (Wildman–Crippen LogP) is -0.367. The Hall–Kier alpha value is -0.650. The van der Waals surface area contributed by atoms with Gasteiger partial charge < -0.3 is 19.9 Å². The molecule has 1 fully saturated rings. The molecule has 0 radical (unpaired) electrons. The van der Waals surface area contributed by atoms with Crippen molar-refractivity contribution in [3.05, 3.63) is 0 Å². The van der Waals surface area contributed by atoms with Gasteiger partial charge in [-0.3, -0.25) is 4.79 Å². The molecule has 0 aromatic heterocycles. The summed E-state index contributed by atoms with van der Waals surface area (Å²) in [5.74, 6) is 0.795. The second kappa shape index (κ2) is 7.63. The van der Waals surface area contributed by atoms with E-state index in [1.54, 1.807) is 7.11 Å². The van der Waals surface area contributed by atoms with Crippen molar-refractivity contribution in [1.29, 1.82) is 0 Å². The maximum atomic E-state index is 11.8. The van der Waals surface area contributed by atoms with Gasteiger partial charge in [-0.2, -0.15) is 0 Å². The molecule has 1 aliphatic heterocycles. The van der Waals surface area contributed by atoms with E-state index in [0.717, 1.165) is 26.2 Å². The highest BCUT2D eigenvalue weighted by molar-refractivity contribution is 5.77. The van der Waals surface area contributed by atoms with Gasteiger partial charge in [0.1, 0.15) is 0 Å². The van der Waals surface area contributed by atoms with E-state index in [4.69, 9.17) is 4.74 Å². The minimum atomic E-state index is 0.163. The lowest BCUT2D eigenvalue weighted by molar-refractivity contribution is -0.129. The molecular formula is C12H25N3O2. The zero-order valence-corrected chi connectivity index (χ0v) is 11.2. The van der Waals surface area contributed by atoms with Gasteiger partial charge in [0.25, 0.3) is 0 Å². The molecule has 5 nitrogen and oxygen atoms in total. The lowest BCUT2D eigenvalue weighted by atomic mass is 10.1. The highest BCUT2D eigenvalue weighted by atomic mass is 16.5. The van der Waals surface area contributed by atoms with Gasteiger partial charge in [-0.15, -0.1) is 0 Å². The molecule has 1 heterocycles. The van der Waals surface area contributed by atoms with Crippen molar-refractivity contribution in [1.82, 2.24) is 15.1 Å². The standard InChI is InChI=1S/C12H25N3O2/c1-14-6-4-11(9-14)10-15(2)12(16)8-13-5-7-17-3/h11,13H,4-10H2,1-3H3. The number of likely N-dealkylation sites (tertiary alicyclic amines) is 1. The Labute approximate surface area is 104 Å². The quantitative estimate of drug-likeness (QED) is 0.620. The first kappa shape index (κ1) is 14.4. The van der Waals surface area contributed by atoms with Crippen LogP contribution in [0.2, 0.25) is 0 Å². The summed E-state index contributed by atoms with van der Waals surface area (Å²) in [6.07, 6.45) is 1.20. The highest BCUT2D eigenvalue weighted by Crippen LogP contribution is 2.14. The van der Waals surface area contributed by atoms with Crippen LogP contribution in [-0.4, -0.2) is 76.2 Å². The lowest BCUT2D eigenvalue weighted by Crippen LogP contribution is -2.39. The molecule has 17 heavy (non-hydrogen) atoms. The van der Waals surface area contributed by atoms with Crippen LogP contribution in [-0.2, 0) is 9.53 Å². The Kier molecular flexibility index (Phi) is 6.47. The Morgan fingerprint density at radius 3 is 2.94 bits per heavy atom. The maximum Gasteiger partial charge on any atom is 0.236 e. The van der Waals surface area contributed by atoms with Crippen LogP contribution in [0.1, 0.15) is 6.42 Å². The number of hydrogen-bond acceptors (Lipinski definition) is 4. The number of methoxy groups -OCH3 is 1. The average molecular weight is 243 g/mol. The van der Waals surface area contributed by atoms with Crippen molar-refractivity contribution in [3.63, 3.8) is 0 Å². The van der Waals surface area contributed by atoms with Crippen LogP contribution in [0.4, 0.5) is 0 Å². The van der Waals surface area contributed by atoms with Crippen molar-refractivity contribution in [2.45, 2.75) is 6.42 Å².